The fraction of sp³-hybridized carbons (Fsp3) is 0.167. The molecule has 0 saturated heterocycles. The van der Waals surface area contributed by atoms with Crippen LogP contribution in [0.5, 0.6) is 0 Å². The standard InChI is InChI=1S/C12H13NO3/c14-11(6-7-12(15)16)13-9-8-10-4-2-1-3-5-10/h1-7H,8-9H2,(H,13,14)(H,15,16)/b7-6-. The Labute approximate surface area is 93.6 Å². The Hall–Kier alpha value is -2.10. The first-order valence-corrected chi connectivity index (χ1v) is 4.91. The number of amides is 1. The lowest BCUT2D eigenvalue weighted by atomic mass is 10.1. The SMILES string of the molecule is O=C(O)/C=C\C(=O)NCCc1ccccc1. The summed E-state index contributed by atoms with van der Waals surface area (Å²) in [6, 6.07) is 9.74. The van der Waals surface area contributed by atoms with E-state index < -0.39 is 11.9 Å². The molecule has 0 unspecified atom stereocenters. The predicted octanol–water partition coefficient (Wildman–Crippen LogP) is 0.986. The van der Waals surface area contributed by atoms with E-state index in [0.29, 0.717) is 6.54 Å². The second kappa shape index (κ2) is 6.40. The van der Waals surface area contributed by atoms with E-state index in [0.717, 1.165) is 24.1 Å². The molecule has 1 aromatic rings. The topological polar surface area (TPSA) is 66.4 Å². The number of benzene rings is 1. The summed E-state index contributed by atoms with van der Waals surface area (Å²) >= 11 is 0. The maximum Gasteiger partial charge on any atom is 0.328 e. The van der Waals surface area contributed by atoms with Gasteiger partial charge < -0.3 is 10.4 Å². The van der Waals surface area contributed by atoms with Crippen LogP contribution < -0.4 is 5.32 Å². The largest absolute Gasteiger partial charge is 0.478 e. The Kier molecular flexibility index (Phi) is 4.79. The molecule has 1 amide bonds. The number of carbonyl (C=O) groups excluding carboxylic acids is 1. The van der Waals surface area contributed by atoms with Gasteiger partial charge >= 0.3 is 5.97 Å². The lowest BCUT2D eigenvalue weighted by Gasteiger charge is -2.01. The molecule has 1 aromatic carbocycles. The van der Waals surface area contributed by atoms with Gasteiger partial charge in [0, 0.05) is 18.7 Å². The maximum absolute atomic E-state index is 11.1. The van der Waals surface area contributed by atoms with Crippen LogP contribution in [0.2, 0.25) is 0 Å². The number of carboxylic acids is 1. The minimum Gasteiger partial charge on any atom is -0.478 e. The zero-order valence-corrected chi connectivity index (χ0v) is 8.72. The van der Waals surface area contributed by atoms with E-state index in [1.54, 1.807) is 0 Å². The molecule has 16 heavy (non-hydrogen) atoms. The first-order chi connectivity index (χ1) is 7.68. The first kappa shape index (κ1) is 12.0. The molecule has 0 aliphatic carbocycles. The lowest BCUT2D eigenvalue weighted by Crippen LogP contribution is -2.23. The van der Waals surface area contributed by atoms with Crippen molar-refractivity contribution in [3.8, 4) is 0 Å². The van der Waals surface area contributed by atoms with Crippen molar-refractivity contribution >= 4 is 11.9 Å². The van der Waals surface area contributed by atoms with E-state index in [1.165, 1.54) is 0 Å². The van der Waals surface area contributed by atoms with E-state index in [2.05, 4.69) is 5.32 Å². The van der Waals surface area contributed by atoms with E-state index >= 15 is 0 Å². The second-order valence-electron chi connectivity index (χ2n) is 3.20. The number of carboxylic acid groups (broad SMARTS) is 1. The fourth-order valence-electron chi connectivity index (χ4n) is 1.18. The van der Waals surface area contributed by atoms with Crippen molar-refractivity contribution in [3.63, 3.8) is 0 Å². The van der Waals surface area contributed by atoms with Gasteiger partial charge in [-0.15, -0.1) is 0 Å². The molecule has 0 aromatic heterocycles. The number of nitrogens with one attached hydrogen (secondary N) is 1. The fourth-order valence-corrected chi connectivity index (χ4v) is 1.18. The van der Waals surface area contributed by atoms with Gasteiger partial charge in [0.25, 0.3) is 0 Å². The van der Waals surface area contributed by atoms with Crippen molar-refractivity contribution in [2.75, 3.05) is 6.54 Å². The third kappa shape index (κ3) is 4.95. The smallest absolute Gasteiger partial charge is 0.328 e. The molecule has 0 spiro atoms. The summed E-state index contributed by atoms with van der Waals surface area (Å²) in [7, 11) is 0. The summed E-state index contributed by atoms with van der Waals surface area (Å²) < 4.78 is 0. The molecule has 0 atom stereocenters. The lowest BCUT2D eigenvalue weighted by molar-refractivity contribution is -0.131. The van der Waals surface area contributed by atoms with E-state index in [4.69, 9.17) is 5.11 Å². The van der Waals surface area contributed by atoms with Gasteiger partial charge in [0.05, 0.1) is 0 Å². The van der Waals surface area contributed by atoms with Crippen LogP contribution in [0.25, 0.3) is 0 Å². The molecule has 0 aliphatic heterocycles. The molecule has 2 N–H and O–H groups in total. The van der Waals surface area contributed by atoms with Gasteiger partial charge in [0.15, 0.2) is 0 Å². The highest BCUT2D eigenvalue weighted by Crippen LogP contribution is 1.97. The molecule has 4 nitrogen and oxygen atoms in total. The molecule has 0 aliphatic rings. The van der Waals surface area contributed by atoms with Crippen molar-refractivity contribution < 1.29 is 14.7 Å². The monoisotopic (exact) mass is 219 g/mol. The van der Waals surface area contributed by atoms with Gasteiger partial charge in [0.1, 0.15) is 0 Å². The first-order valence-electron chi connectivity index (χ1n) is 4.91. The third-order valence-electron chi connectivity index (χ3n) is 1.93. The molecule has 84 valence electrons. The quantitative estimate of drug-likeness (QED) is 0.725. The van der Waals surface area contributed by atoms with Crippen LogP contribution in [-0.2, 0) is 16.0 Å². The van der Waals surface area contributed by atoms with E-state index in [9.17, 15) is 9.59 Å². The van der Waals surface area contributed by atoms with Crippen LogP contribution in [0.3, 0.4) is 0 Å². The Morgan fingerprint density at radius 1 is 1.19 bits per heavy atom. The Bertz CT molecular complexity index is 385. The molecule has 0 saturated carbocycles. The van der Waals surface area contributed by atoms with Crippen molar-refractivity contribution in [1.82, 2.24) is 5.32 Å². The van der Waals surface area contributed by atoms with E-state index in [1.807, 2.05) is 30.3 Å². The van der Waals surface area contributed by atoms with Crippen LogP contribution in [0.15, 0.2) is 42.5 Å². The van der Waals surface area contributed by atoms with Gasteiger partial charge in [-0.05, 0) is 12.0 Å². The zero-order valence-electron chi connectivity index (χ0n) is 8.72. The molecule has 0 radical (unpaired) electrons. The van der Waals surface area contributed by atoms with Crippen LogP contribution in [-0.4, -0.2) is 23.5 Å². The molecule has 0 fully saturated rings. The van der Waals surface area contributed by atoms with Gasteiger partial charge in [-0.3, -0.25) is 4.79 Å². The minimum absolute atomic E-state index is 0.390. The summed E-state index contributed by atoms with van der Waals surface area (Å²) in [5, 5.41) is 10.9. The second-order valence-corrected chi connectivity index (χ2v) is 3.20. The van der Waals surface area contributed by atoms with Gasteiger partial charge in [-0.2, -0.15) is 0 Å². The molecule has 1 rings (SSSR count). The highest BCUT2D eigenvalue weighted by molar-refractivity contribution is 5.93. The van der Waals surface area contributed by atoms with Crippen molar-refractivity contribution in [3.05, 3.63) is 48.0 Å². The van der Waals surface area contributed by atoms with Gasteiger partial charge in [-0.25, -0.2) is 4.79 Å². The number of hydrogen-bond acceptors (Lipinski definition) is 2. The average Bonchev–Trinajstić information content (AvgIpc) is 2.28. The molecular formula is C12H13NO3. The number of carbonyl (C=O) groups is 2. The third-order valence-corrected chi connectivity index (χ3v) is 1.93. The van der Waals surface area contributed by atoms with Gasteiger partial charge in [0.2, 0.25) is 5.91 Å². The van der Waals surface area contributed by atoms with Crippen LogP contribution in [0, 0.1) is 0 Å². The Morgan fingerprint density at radius 3 is 2.50 bits per heavy atom. The average molecular weight is 219 g/mol. The van der Waals surface area contributed by atoms with Gasteiger partial charge in [-0.1, -0.05) is 30.3 Å². The normalized spacial score (nSPS) is 10.2. The summed E-state index contributed by atoms with van der Waals surface area (Å²) in [6.07, 6.45) is 2.55. The Morgan fingerprint density at radius 2 is 1.88 bits per heavy atom. The molecule has 0 heterocycles. The summed E-state index contributed by atoms with van der Waals surface area (Å²) in [5.41, 5.74) is 1.13. The zero-order chi connectivity index (χ0) is 11.8. The van der Waals surface area contributed by atoms with Crippen LogP contribution in [0.1, 0.15) is 5.56 Å². The maximum atomic E-state index is 11.1. The number of hydrogen-bond donors (Lipinski definition) is 2. The van der Waals surface area contributed by atoms with Crippen molar-refractivity contribution in [2.24, 2.45) is 0 Å². The van der Waals surface area contributed by atoms with Crippen LogP contribution in [0.4, 0.5) is 0 Å². The Balaban J connectivity index is 2.26. The number of aliphatic carboxylic acids is 1. The molecular weight excluding hydrogens is 206 g/mol. The van der Waals surface area contributed by atoms with Crippen molar-refractivity contribution in [1.29, 1.82) is 0 Å². The number of rotatable bonds is 5. The molecule has 0 bridgehead atoms. The highest BCUT2D eigenvalue weighted by atomic mass is 16.4. The summed E-state index contributed by atoms with van der Waals surface area (Å²) in [4.78, 5) is 21.2. The van der Waals surface area contributed by atoms with Crippen LogP contribution >= 0.6 is 0 Å². The van der Waals surface area contributed by atoms with E-state index in [-0.39, 0.29) is 0 Å². The summed E-state index contributed by atoms with van der Waals surface area (Å²) in [5.74, 6) is -1.52. The summed E-state index contributed by atoms with van der Waals surface area (Å²) in [6.45, 7) is 0.493. The predicted molar refractivity (Wildman–Crippen MR) is 59.9 cm³/mol. The van der Waals surface area contributed by atoms with Crippen molar-refractivity contribution in [2.45, 2.75) is 6.42 Å². The minimum atomic E-state index is -1.13. The highest BCUT2D eigenvalue weighted by Gasteiger charge is 1.96. The molecule has 4 heteroatoms.